The standard InChI is InChI=1S/C21H9Br4N3O6S/c22-15-13-14(16(23)18(25)17(15)24)21(32)27(20(13)31)26(8-11(29)12-2-1-7-35-12)19(30)9-3-5-10(6-4-9)28(33)34/h1-7H,8H2. The minimum atomic E-state index is -0.857. The minimum Gasteiger partial charge on any atom is -0.291 e. The molecule has 0 atom stereocenters. The van der Waals surface area contributed by atoms with Crippen molar-refractivity contribution < 1.29 is 24.1 Å². The van der Waals surface area contributed by atoms with Gasteiger partial charge in [0.15, 0.2) is 5.78 Å². The maximum Gasteiger partial charge on any atom is 0.282 e. The van der Waals surface area contributed by atoms with Crippen LogP contribution >= 0.6 is 75.1 Å². The van der Waals surface area contributed by atoms with Crippen LogP contribution in [0, 0.1) is 10.1 Å². The zero-order chi connectivity index (χ0) is 25.6. The largest absolute Gasteiger partial charge is 0.291 e. The Bertz CT molecular complexity index is 1380. The Morgan fingerprint density at radius 1 is 0.914 bits per heavy atom. The fourth-order valence-corrected chi connectivity index (χ4v) is 6.43. The van der Waals surface area contributed by atoms with Crippen molar-refractivity contribution in [2.75, 3.05) is 6.54 Å². The highest BCUT2D eigenvalue weighted by Gasteiger charge is 2.46. The van der Waals surface area contributed by atoms with E-state index < -0.39 is 35.0 Å². The van der Waals surface area contributed by atoms with Crippen LogP contribution in [-0.4, -0.2) is 45.0 Å². The van der Waals surface area contributed by atoms with Gasteiger partial charge in [-0.2, -0.15) is 5.01 Å². The van der Waals surface area contributed by atoms with Gasteiger partial charge in [-0.05, 0) is 87.3 Å². The fourth-order valence-electron chi connectivity index (χ4n) is 3.32. The lowest BCUT2D eigenvalue weighted by atomic mass is 10.1. The van der Waals surface area contributed by atoms with Crippen molar-refractivity contribution in [3.63, 3.8) is 0 Å². The van der Waals surface area contributed by atoms with E-state index in [0.29, 0.717) is 18.8 Å². The number of non-ortho nitro benzene ring substituents is 1. The van der Waals surface area contributed by atoms with E-state index in [1.54, 1.807) is 17.5 Å². The number of hydrogen-bond donors (Lipinski definition) is 0. The van der Waals surface area contributed by atoms with Gasteiger partial charge in [0.2, 0.25) is 0 Å². The first-order valence-corrected chi connectivity index (χ1v) is 13.5. The normalized spacial score (nSPS) is 12.6. The summed E-state index contributed by atoms with van der Waals surface area (Å²) in [7, 11) is 0. The van der Waals surface area contributed by atoms with Crippen molar-refractivity contribution in [1.29, 1.82) is 0 Å². The van der Waals surface area contributed by atoms with Crippen LogP contribution in [0.1, 0.15) is 40.7 Å². The van der Waals surface area contributed by atoms with Crippen LogP contribution in [0.2, 0.25) is 0 Å². The maximum absolute atomic E-state index is 13.5. The molecule has 3 aromatic rings. The van der Waals surface area contributed by atoms with Gasteiger partial charge in [0.25, 0.3) is 23.4 Å². The number of hydrogen-bond acceptors (Lipinski definition) is 7. The number of ketones is 1. The number of carbonyl (C=O) groups excluding carboxylic acids is 4. The molecule has 14 heteroatoms. The average Bonchev–Trinajstić information content (AvgIpc) is 3.46. The van der Waals surface area contributed by atoms with Gasteiger partial charge in [-0.1, -0.05) is 6.07 Å². The third kappa shape index (κ3) is 4.53. The molecule has 35 heavy (non-hydrogen) atoms. The van der Waals surface area contributed by atoms with Crippen molar-refractivity contribution in [2.24, 2.45) is 0 Å². The first-order valence-electron chi connectivity index (χ1n) is 9.42. The number of nitro groups is 1. The predicted octanol–water partition coefficient (Wildman–Crippen LogP) is 6.24. The molecule has 3 amide bonds. The molecule has 2 aromatic carbocycles. The molecule has 0 spiro atoms. The van der Waals surface area contributed by atoms with E-state index >= 15 is 0 Å². The van der Waals surface area contributed by atoms with E-state index in [-0.39, 0.29) is 31.3 Å². The van der Waals surface area contributed by atoms with Gasteiger partial charge in [-0.3, -0.25) is 29.3 Å². The molecule has 2 heterocycles. The summed E-state index contributed by atoms with van der Waals surface area (Å²) in [6.07, 6.45) is 0. The van der Waals surface area contributed by atoms with Crippen LogP contribution in [0.3, 0.4) is 0 Å². The number of thiophene rings is 1. The summed E-state index contributed by atoms with van der Waals surface area (Å²) in [5.74, 6) is -2.99. The number of rotatable bonds is 6. The second-order valence-electron chi connectivity index (χ2n) is 7.00. The van der Waals surface area contributed by atoms with Gasteiger partial charge in [0.05, 0.1) is 20.9 Å². The van der Waals surface area contributed by atoms with Crippen LogP contribution in [0.15, 0.2) is 59.7 Å². The zero-order valence-electron chi connectivity index (χ0n) is 17.0. The van der Waals surface area contributed by atoms with Crippen LogP contribution in [0.25, 0.3) is 0 Å². The summed E-state index contributed by atoms with van der Waals surface area (Å²) in [6, 6.07) is 7.85. The van der Waals surface area contributed by atoms with Gasteiger partial charge in [-0.15, -0.1) is 11.3 Å². The van der Waals surface area contributed by atoms with Crippen molar-refractivity contribution in [1.82, 2.24) is 10.0 Å². The molecule has 1 aromatic heterocycles. The Balaban J connectivity index is 1.81. The SMILES string of the molecule is O=C(CN(C(=O)c1ccc([N+](=O)[O-])cc1)N1C(=O)c2c(Br)c(Br)c(Br)c(Br)c2C1=O)c1cccs1. The molecule has 0 saturated carbocycles. The Kier molecular flexibility index (Phi) is 7.38. The van der Waals surface area contributed by atoms with Crippen molar-refractivity contribution >= 4 is 104 Å². The Morgan fingerprint density at radius 2 is 1.46 bits per heavy atom. The monoisotopic (exact) mass is 747 g/mol. The summed E-state index contributed by atoms with van der Waals surface area (Å²) < 4.78 is 1.51. The molecule has 0 unspecified atom stereocenters. The van der Waals surface area contributed by atoms with E-state index in [1.165, 1.54) is 12.1 Å². The lowest BCUT2D eigenvalue weighted by Crippen LogP contribution is -2.51. The molecule has 0 fully saturated rings. The second-order valence-corrected chi connectivity index (χ2v) is 11.1. The molecule has 0 saturated heterocycles. The summed E-state index contributed by atoms with van der Waals surface area (Å²) in [5.41, 5.74) is -0.290. The van der Waals surface area contributed by atoms with E-state index in [4.69, 9.17) is 0 Å². The van der Waals surface area contributed by atoms with E-state index in [1.807, 2.05) is 0 Å². The summed E-state index contributed by atoms with van der Waals surface area (Å²) >= 11 is 14.5. The molecule has 4 rings (SSSR count). The molecule has 0 bridgehead atoms. The van der Waals surface area contributed by atoms with Gasteiger partial charge < -0.3 is 0 Å². The number of amides is 3. The minimum absolute atomic E-state index is 0.00187. The number of fused-ring (bicyclic) bond motifs is 1. The number of hydrazine groups is 1. The fraction of sp³-hybridized carbons (Fsp3) is 0.0476. The van der Waals surface area contributed by atoms with Crippen LogP contribution < -0.4 is 0 Å². The lowest BCUT2D eigenvalue weighted by molar-refractivity contribution is -0.384. The van der Waals surface area contributed by atoms with Gasteiger partial charge in [0, 0.05) is 35.6 Å². The Hall–Kier alpha value is -2.26. The van der Waals surface area contributed by atoms with Gasteiger partial charge in [0.1, 0.15) is 6.54 Å². The van der Waals surface area contributed by atoms with E-state index in [2.05, 4.69) is 63.7 Å². The molecular weight excluding hydrogens is 742 g/mol. The molecule has 0 radical (unpaired) electrons. The highest BCUT2D eigenvalue weighted by atomic mass is 79.9. The maximum atomic E-state index is 13.5. The third-order valence-corrected chi connectivity index (χ3v) is 10.6. The molecule has 9 nitrogen and oxygen atoms in total. The van der Waals surface area contributed by atoms with Crippen molar-refractivity contribution in [2.45, 2.75) is 0 Å². The summed E-state index contributed by atoms with van der Waals surface area (Å²) in [5, 5.41) is 14.0. The molecule has 0 aliphatic carbocycles. The van der Waals surface area contributed by atoms with Gasteiger partial charge >= 0.3 is 0 Å². The van der Waals surface area contributed by atoms with E-state index in [0.717, 1.165) is 28.5 Å². The Labute approximate surface area is 234 Å². The summed E-state index contributed by atoms with van der Waals surface area (Å²) in [6.45, 7) is -0.612. The van der Waals surface area contributed by atoms with Crippen molar-refractivity contribution in [3.8, 4) is 0 Å². The molecule has 0 N–H and O–H groups in total. The summed E-state index contributed by atoms with van der Waals surface area (Å²) in [4.78, 5) is 64.0. The number of imide groups is 1. The number of Topliss-reactive ketones (excluding diaryl/α,β-unsaturated/α-hetero) is 1. The molecular formula is C21H9Br4N3O6S. The lowest BCUT2D eigenvalue weighted by Gasteiger charge is -2.29. The number of nitro benzene ring substituents is 1. The van der Waals surface area contributed by atoms with E-state index in [9.17, 15) is 29.3 Å². The number of carbonyl (C=O) groups is 4. The molecule has 1 aliphatic rings. The topological polar surface area (TPSA) is 118 Å². The first kappa shape index (κ1) is 25.8. The first-order chi connectivity index (χ1) is 16.5. The third-order valence-electron chi connectivity index (χ3n) is 4.97. The van der Waals surface area contributed by atoms with Crippen molar-refractivity contribution in [3.05, 3.63) is 91.4 Å². The highest BCUT2D eigenvalue weighted by Crippen LogP contribution is 2.45. The second kappa shape index (κ2) is 10.0. The van der Waals surface area contributed by atoms with Crippen LogP contribution in [0.5, 0.6) is 0 Å². The highest BCUT2D eigenvalue weighted by molar-refractivity contribution is 9.15. The molecule has 178 valence electrons. The molecule has 1 aliphatic heterocycles. The quantitative estimate of drug-likeness (QED) is 0.0736. The average molecular weight is 751 g/mol. The van der Waals surface area contributed by atoms with Gasteiger partial charge in [-0.25, -0.2) is 5.01 Å². The smallest absolute Gasteiger partial charge is 0.282 e. The number of benzene rings is 2. The number of nitrogens with zero attached hydrogens (tertiary/aromatic N) is 3. The predicted molar refractivity (Wildman–Crippen MR) is 141 cm³/mol. The van der Waals surface area contributed by atoms with Crippen LogP contribution in [-0.2, 0) is 0 Å². The zero-order valence-corrected chi connectivity index (χ0v) is 24.1. The van der Waals surface area contributed by atoms with Crippen LogP contribution in [0.4, 0.5) is 5.69 Å². The number of halogens is 4. The Morgan fingerprint density at radius 3 is 1.91 bits per heavy atom.